The van der Waals surface area contributed by atoms with Gasteiger partial charge in [0.1, 0.15) is 0 Å². The molecule has 0 saturated heterocycles. The number of anilines is 1. The molecule has 0 saturated carbocycles. The second kappa shape index (κ2) is 14.0. The molecule has 0 unspecified atom stereocenters. The Balaban J connectivity index is 1.87. The molecule has 40 heavy (non-hydrogen) atoms. The summed E-state index contributed by atoms with van der Waals surface area (Å²) in [5.74, 6) is 0.335. The van der Waals surface area contributed by atoms with E-state index in [2.05, 4.69) is 15.5 Å². The van der Waals surface area contributed by atoms with Crippen LogP contribution in [-0.4, -0.2) is 58.6 Å². The van der Waals surface area contributed by atoms with Crippen molar-refractivity contribution >= 4 is 17.6 Å². The van der Waals surface area contributed by atoms with Crippen molar-refractivity contribution < 1.29 is 38.5 Å². The predicted octanol–water partition coefficient (Wildman–Crippen LogP) is 2.81. The molecule has 0 bridgehead atoms. The van der Waals surface area contributed by atoms with Gasteiger partial charge in [-0.3, -0.25) is 14.4 Å². The first-order valence-electron chi connectivity index (χ1n) is 12.6. The van der Waals surface area contributed by atoms with E-state index in [4.69, 9.17) is 18.9 Å². The first kappa shape index (κ1) is 30.0. The van der Waals surface area contributed by atoms with Crippen LogP contribution in [-0.2, 0) is 25.6 Å². The van der Waals surface area contributed by atoms with Crippen LogP contribution in [0.1, 0.15) is 42.9 Å². The van der Waals surface area contributed by atoms with E-state index in [0.717, 1.165) is 11.1 Å². The maximum atomic E-state index is 13.0. The highest BCUT2D eigenvalue weighted by atomic mass is 16.9. The lowest BCUT2D eigenvalue weighted by Gasteiger charge is -2.20. The highest BCUT2D eigenvalue weighted by Gasteiger charge is 2.29. The Bertz CT molecular complexity index is 1310. The molecule has 13 heteroatoms. The van der Waals surface area contributed by atoms with E-state index < -0.39 is 23.0 Å². The molecule has 1 amide bonds. The smallest absolute Gasteiger partial charge is 0.306 e. The number of hydrogen-bond acceptors (Lipinski definition) is 11. The molecule has 1 aliphatic rings. The van der Waals surface area contributed by atoms with Crippen molar-refractivity contribution in [3.63, 3.8) is 0 Å². The van der Waals surface area contributed by atoms with Gasteiger partial charge in [-0.2, -0.15) is 0 Å². The Kier molecular flexibility index (Phi) is 10.5. The second-order valence-corrected chi connectivity index (χ2v) is 8.84. The van der Waals surface area contributed by atoms with Crippen molar-refractivity contribution in [1.29, 1.82) is 0 Å². The number of fused-ring (bicyclic) bond motifs is 3. The minimum absolute atomic E-state index is 0.0616. The van der Waals surface area contributed by atoms with Gasteiger partial charge in [-0.05, 0) is 47.7 Å². The minimum Gasteiger partial charge on any atom is -0.493 e. The topological polar surface area (TPSA) is 165 Å². The number of methoxy groups -OCH3 is 3. The van der Waals surface area contributed by atoms with Crippen LogP contribution in [0, 0.1) is 10.1 Å². The van der Waals surface area contributed by atoms with Crippen LogP contribution in [0.25, 0.3) is 11.1 Å². The third kappa shape index (κ3) is 7.10. The monoisotopic (exact) mass is 559 g/mol. The molecule has 3 rings (SSSR count). The van der Waals surface area contributed by atoms with Gasteiger partial charge in [0.2, 0.25) is 17.1 Å². The lowest BCUT2D eigenvalue weighted by molar-refractivity contribution is -0.757. The zero-order valence-electron chi connectivity index (χ0n) is 22.9. The normalized spacial score (nSPS) is 13.6. The van der Waals surface area contributed by atoms with E-state index in [1.54, 1.807) is 19.2 Å². The van der Waals surface area contributed by atoms with Gasteiger partial charge in [-0.1, -0.05) is 6.07 Å². The van der Waals surface area contributed by atoms with Gasteiger partial charge < -0.3 is 34.4 Å². The van der Waals surface area contributed by atoms with Crippen molar-refractivity contribution in [2.45, 2.75) is 38.1 Å². The Morgan fingerprint density at radius 2 is 1.80 bits per heavy atom. The van der Waals surface area contributed by atoms with E-state index in [1.807, 2.05) is 6.07 Å². The summed E-state index contributed by atoms with van der Waals surface area (Å²) in [5.41, 5.74) is 3.03. The summed E-state index contributed by atoms with van der Waals surface area (Å²) < 4.78 is 21.9. The minimum atomic E-state index is -0.922. The van der Waals surface area contributed by atoms with Crippen molar-refractivity contribution in [2.75, 3.05) is 46.9 Å². The maximum Gasteiger partial charge on any atom is 0.306 e. The number of nitrogens with zero attached hydrogens (tertiary/aromatic N) is 1. The zero-order chi connectivity index (χ0) is 29.2. The van der Waals surface area contributed by atoms with Crippen molar-refractivity contribution in [2.24, 2.45) is 0 Å². The summed E-state index contributed by atoms with van der Waals surface area (Å²) in [5, 5.41) is 15.1. The Morgan fingerprint density at radius 1 is 1.05 bits per heavy atom. The number of nitrogens with one attached hydrogen (secondary N) is 2. The SMILES string of the molecule is CNc1ccc2c(cc1=O)[C@@H](NC(=O)CCC(=O)OCCCO[N+](=O)[O-])CCc1cc(OC)c(OC)c(OC)c1-2. The van der Waals surface area contributed by atoms with Gasteiger partial charge in [0.25, 0.3) is 5.09 Å². The first-order chi connectivity index (χ1) is 19.2. The fourth-order valence-corrected chi connectivity index (χ4v) is 4.61. The van der Waals surface area contributed by atoms with Crippen LogP contribution in [0.2, 0.25) is 0 Å². The second-order valence-electron chi connectivity index (χ2n) is 8.84. The molecule has 0 radical (unpaired) electrons. The van der Waals surface area contributed by atoms with Crippen LogP contribution in [0.4, 0.5) is 5.69 Å². The summed E-state index contributed by atoms with van der Waals surface area (Å²) in [6.07, 6.45) is 0.822. The van der Waals surface area contributed by atoms with E-state index in [9.17, 15) is 24.5 Å². The van der Waals surface area contributed by atoms with Crippen LogP contribution in [0.5, 0.6) is 17.2 Å². The summed E-state index contributed by atoms with van der Waals surface area (Å²) in [6, 6.07) is 6.30. The standard InChI is InChI=1S/C27H33N3O10/c1-28-20-9-7-17-18(15-21(20)31)19(29-23(32)10-11-24(33)39-12-5-13-40-30(34)35)8-6-16-14-22(36-2)26(37-3)27(38-4)25(16)17/h7,9,14-15,19H,5-6,8,10-13H2,1-4H3,(H,28,31)(H,29,32)/t19-/m0/s1. The van der Waals surface area contributed by atoms with Crippen LogP contribution >= 0.6 is 0 Å². The molecule has 0 aromatic heterocycles. The average molecular weight is 560 g/mol. The van der Waals surface area contributed by atoms with Gasteiger partial charge in [0.15, 0.2) is 11.5 Å². The van der Waals surface area contributed by atoms with Crippen molar-refractivity contribution in [3.05, 3.63) is 55.7 Å². The molecule has 2 aromatic carbocycles. The third-order valence-electron chi connectivity index (χ3n) is 6.45. The molecular formula is C27H33N3O10. The van der Waals surface area contributed by atoms with Gasteiger partial charge in [-0.25, -0.2) is 0 Å². The summed E-state index contributed by atoms with van der Waals surface area (Å²) in [7, 11) is 6.22. The molecule has 216 valence electrons. The molecule has 0 aliphatic heterocycles. The Morgan fingerprint density at radius 3 is 2.45 bits per heavy atom. The third-order valence-corrected chi connectivity index (χ3v) is 6.45. The Labute approximate surface area is 230 Å². The summed E-state index contributed by atoms with van der Waals surface area (Å²) in [6.45, 7) is -0.255. The quantitative estimate of drug-likeness (QED) is 0.160. The van der Waals surface area contributed by atoms with E-state index >= 15 is 0 Å². The van der Waals surface area contributed by atoms with E-state index in [0.29, 0.717) is 46.9 Å². The van der Waals surface area contributed by atoms with Crippen molar-refractivity contribution in [3.8, 4) is 28.4 Å². The highest BCUT2D eigenvalue weighted by molar-refractivity contribution is 5.85. The van der Waals surface area contributed by atoms with Gasteiger partial charge in [-0.15, -0.1) is 10.1 Å². The fourth-order valence-electron chi connectivity index (χ4n) is 4.61. The van der Waals surface area contributed by atoms with E-state index in [1.165, 1.54) is 27.4 Å². The summed E-state index contributed by atoms with van der Waals surface area (Å²) in [4.78, 5) is 52.2. The molecule has 0 fully saturated rings. The lowest BCUT2D eigenvalue weighted by Crippen LogP contribution is -2.29. The number of amides is 1. The van der Waals surface area contributed by atoms with Crippen LogP contribution in [0.3, 0.4) is 0 Å². The average Bonchev–Trinajstić information content (AvgIpc) is 3.18. The predicted molar refractivity (Wildman–Crippen MR) is 144 cm³/mol. The number of rotatable bonds is 13. The number of benzene rings is 1. The molecule has 13 nitrogen and oxygen atoms in total. The maximum absolute atomic E-state index is 13.0. The fraction of sp³-hybridized carbons (Fsp3) is 0.444. The number of hydrogen-bond donors (Lipinski definition) is 2. The van der Waals surface area contributed by atoms with Gasteiger partial charge in [0.05, 0.1) is 52.7 Å². The molecule has 1 atom stereocenters. The van der Waals surface area contributed by atoms with Crippen LogP contribution < -0.4 is 30.3 Å². The van der Waals surface area contributed by atoms with Gasteiger partial charge >= 0.3 is 5.97 Å². The first-order valence-corrected chi connectivity index (χ1v) is 12.6. The molecule has 2 aromatic rings. The molecule has 0 heterocycles. The van der Waals surface area contributed by atoms with Crippen LogP contribution in [0.15, 0.2) is 29.1 Å². The highest BCUT2D eigenvalue weighted by Crippen LogP contribution is 2.50. The van der Waals surface area contributed by atoms with Crippen molar-refractivity contribution in [1.82, 2.24) is 5.32 Å². The van der Waals surface area contributed by atoms with Gasteiger partial charge in [0, 0.05) is 25.5 Å². The number of carbonyl (C=O) groups excluding carboxylic acids is 2. The largest absolute Gasteiger partial charge is 0.493 e. The number of carbonyl (C=O) groups is 2. The lowest BCUT2D eigenvalue weighted by atomic mass is 9.95. The number of aryl methyl sites for hydroxylation is 1. The molecule has 2 N–H and O–H groups in total. The van der Waals surface area contributed by atoms with E-state index in [-0.39, 0.29) is 37.9 Å². The molecule has 0 spiro atoms. The summed E-state index contributed by atoms with van der Waals surface area (Å²) >= 11 is 0. The Hall–Kier alpha value is -4.55. The molecule has 1 aliphatic carbocycles. The number of esters is 1. The zero-order valence-corrected chi connectivity index (χ0v) is 22.9. The number of ether oxygens (including phenoxy) is 4. The molecular weight excluding hydrogens is 526 g/mol.